The summed E-state index contributed by atoms with van der Waals surface area (Å²) in [6.07, 6.45) is 0. The maximum absolute atomic E-state index is 5.90. The van der Waals surface area contributed by atoms with E-state index in [-0.39, 0.29) is 0 Å². The van der Waals surface area contributed by atoms with E-state index in [1.54, 1.807) is 23.6 Å². The van der Waals surface area contributed by atoms with Crippen LogP contribution in [0.1, 0.15) is 5.56 Å². The lowest BCUT2D eigenvalue weighted by molar-refractivity contribution is 0.414. The Morgan fingerprint density at radius 1 is 1.09 bits per heavy atom. The highest BCUT2D eigenvalue weighted by Crippen LogP contribution is 2.24. The van der Waals surface area contributed by atoms with Gasteiger partial charge in [-0.3, -0.25) is 0 Å². The lowest BCUT2D eigenvalue weighted by Crippen LogP contribution is -1.98. The molecular formula is C15H13ClN4OS. The molecule has 0 saturated carbocycles. The fourth-order valence-electron chi connectivity index (χ4n) is 1.88. The molecule has 0 aliphatic heterocycles. The summed E-state index contributed by atoms with van der Waals surface area (Å²) in [5.41, 5.74) is 2.06. The molecule has 3 rings (SSSR count). The zero-order chi connectivity index (χ0) is 15.4. The van der Waals surface area contributed by atoms with Gasteiger partial charge in [-0.15, -0.1) is 5.10 Å². The van der Waals surface area contributed by atoms with Gasteiger partial charge in [-0.05, 0) is 52.4 Å². The molecule has 1 aromatic heterocycles. The lowest BCUT2D eigenvalue weighted by atomic mass is 10.2. The molecule has 0 unspecified atom stereocenters. The number of thioether (sulfide) groups is 1. The van der Waals surface area contributed by atoms with E-state index >= 15 is 0 Å². The summed E-state index contributed by atoms with van der Waals surface area (Å²) in [5, 5.41) is 13.3. The second-order valence-corrected chi connectivity index (χ2v) is 5.87. The minimum absolute atomic E-state index is 0.685. The molecule has 0 aliphatic rings. The third-order valence-electron chi connectivity index (χ3n) is 3.04. The average molecular weight is 333 g/mol. The Hall–Kier alpha value is -2.05. The minimum Gasteiger partial charge on any atom is -0.497 e. The predicted molar refractivity (Wildman–Crippen MR) is 86.7 cm³/mol. The van der Waals surface area contributed by atoms with Crippen molar-refractivity contribution in [1.82, 2.24) is 20.2 Å². The van der Waals surface area contributed by atoms with Crippen LogP contribution in [-0.2, 0) is 5.75 Å². The fraction of sp³-hybridized carbons (Fsp3) is 0.133. The Morgan fingerprint density at radius 3 is 2.50 bits per heavy atom. The van der Waals surface area contributed by atoms with E-state index in [4.69, 9.17) is 16.3 Å². The second kappa shape index (κ2) is 6.81. The normalized spacial score (nSPS) is 10.6. The van der Waals surface area contributed by atoms with Crippen molar-refractivity contribution in [2.24, 2.45) is 0 Å². The van der Waals surface area contributed by atoms with Gasteiger partial charge in [0.05, 0.1) is 12.8 Å². The Labute approximate surface area is 137 Å². The van der Waals surface area contributed by atoms with Gasteiger partial charge >= 0.3 is 0 Å². The molecule has 0 amide bonds. The van der Waals surface area contributed by atoms with E-state index in [1.807, 2.05) is 48.5 Å². The number of hydrogen-bond acceptors (Lipinski definition) is 5. The molecule has 22 heavy (non-hydrogen) atoms. The van der Waals surface area contributed by atoms with Gasteiger partial charge in [0.15, 0.2) is 0 Å². The number of tetrazole rings is 1. The summed E-state index contributed by atoms with van der Waals surface area (Å²) >= 11 is 7.47. The van der Waals surface area contributed by atoms with E-state index in [2.05, 4.69) is 15.5 Å². The quantitative estimate of drug-likeness (QED) is 0.668. The van der Waals surface area contributed by atoms with Crippen LogP contribution in [0.15, 0.2) is 53.7 Å². The summed E-state index contributed by atoms with van der Waals surface area (Å²) in [6, 6.07) is 15.3. The molecule has 3 aromatic rings. The van der Waals surface area contributed by atoms with E-state index in [0.717, 1.165) is 22.3 Å². The topological polar surface area (TPSA) is 52.8 Å². The number of nitrogens with zero attached hydrogens (tertiary/aromatic N) is 4. The molecule has 2 aromatic carbocycles. The van der Waals surface area contributed by atoms with Gasteiger partial charge in [-0.2, -0.15) is 4.68 Å². The van der Waals surface area contributed by atoms with Crippen molar-refractivity contribution in [3.63, 3.8) is 0 Å². The average Bonchev–Trinajstić information content (AvgIpc) is 3.02. The van der Waals surface area contributed by atoms with Crippen molar-refractivity contribution in [2.45, 2.75) is 10.9 Å². The maximum atomic E-state index is 5.90. The van der Waals surface area contributed by atoms with Gasteiger partial charge in [-0.25, -0.2) is 0 Å². The first kappa shape index (κ1) is 14.9. The molecule has 0 radical (unpaired) electrons. The van der Waals surface area contributed by atoms with Crippen LogP contribution in [0.2, 0.25) is 5.02 Å². The van der Waals surface area contributed by atoms with E-state index in [0.29, 0.717) is 5.02 Å². The van der Waals surface area contributed by atoms with Gasteiger partial charge < -0.3 is 4.74 Å². The fourth-order valence-corrected chi connectivity index (χ4v) is 2.86. The Morgan fingerprint density at radius 2 is 1.82 bits per heavy atom. The lowest BCUT2D eigenvalue weighted by Gasteiger charge is -2.05. The van der Waals surface area contributed by atoms with Crippen LogP contribution in [0.4, 0.5) is 0 Å². The molecule has 0 saturated heterocycles. The van der Waals surface area contributed by atoms with Gasteiger partial charge in [0, 0.05) is 10.8 Å². The maximum Gasteiger partial charge on any atom is 0.214 e. The molecule has 1 heterocycles. The molecular weight excluding hydrogens is 320 g/mol. The number of rotatable bonds is 5. The third kappa shape index (κ3) is 3.40. The van der Waals surface area contributed by atoms with E-state index in [1.165, 1.54) is 5.56 Å². The second-order valence-electron chi connectivity index (χ2n) is 4.49. The van der Waals surface area contributed by atoms with Gasteiger partial charge in [0.25, 0.3) is 0 Å². The highest BCUT2D eigenvalue weighted by atomic mass is 35.5. The summed E-state index contributed by atoms with van der Waals surface area (Å²) in [4.78, 5) is 0. The van der Waals surface area contributed by atoms with Crippen molar-refractivity contribution in [3.8, 4) is 11.4 Å². The molecule has 0 spiro atoms. The van der Waals surface area contributed by atoms with E-state index < -0.39 is 0 Å². The number of ether oxygens (including phenoxy) is 1. The van der Waals surface area contributed by atoms with E-state index in [9.17, 15) is 0 Å². The Kier molecular flexibility index (Phi) is 4.60. The predicted octanol–water partition coefficient (Wildman–Crippen LogP) is 3.62. The minimum atomic E-state index is 0.685. The number of hydrogen-bond donors (Lipinski definition) is 0. The van der Waals surface area contributed by atoms with Gasteiger partial charge in [-0.1, -0.05) is 35.5 Å². The van der Waals surface area contributed by atoms with Crippen LogP contribution in [0.3, 0.4) is 0 Å². The van der Waals surface area contributed by atoms with Crippen LogP contribution in [0.25, 0.3) is 5.69 Å². The Bertz CT molecular complexity index is 743. The molecule has 112 valence electrons. The number of halogens is 1. The van der Waals surface area contributed by atoms with Crippen LogP contribution in [0, 0.1) is 0 Å². The van der Waals surface area contributed by atoms with Crippen LogP contribution in [0.5, 0.6) is 5.75 Å². The standard InChI is InChI=1S/C15H13ClN4OS/c1-21-14-8-2-11(3-9-14)10-22-15-17-18-19-20(15)13-6-4-12(16)5-7-13/h2-9H,10H2,1H3. The zero-order valence-electron chi connectivity index (χ0n) is 11.8. The summed E-state index contributed by atoms with van der Waals surface area (Å²) in [5.74, 6) is 1.62. The summed E-state index contributed by atoms with van der Waals surface area (Å²) in [6.45, 7) is 0. The van der Waals surface area contributed by atoms with Gasteiger partial charge in [0.2, 0.25) is 5.16 Å². The van der Waals surface area contributed by atoms with Crippen molar-refractivity contribution in [2.75, 3.05) is 7.11 Å². The smallest absolute Gasteiger partial charge is 0.214 e. The molecule has 0 aliphatic carbocycles. The van der Waals surface area contributed by atoms with Crippen LogP contribution >= 0.6 is 23.4 Å². The third-order valence-corrected chi connectivity index (χ3v) is 4.28. The van der Waals surface area contributed by atoms with Crippen LogP contribution in [-0.4, -0.2) is 27.3 Å². The molecule has 0 atom stereocenters. The first-order chi connectivity index (χ1) is 10.8. The highest BCUT2D eigenvalue weighted by Gasteiger charge is 2.09. The number of benzene rings is 2. The molecule has 0 bridgehead atoms. The van der Waals surface area contributed by atoms with Gasteiger partial charge in [0.1, 0.15) is 5.75 Å². The molecule has 7 heteroatoms. The Balaban J connectivity index is 1.73. The van der Waals surface area contributed by atoms with Crippen molar-refractivity contribution >= 4 is 23.4 Å². The molecule has 5 nitrogen and oxygen atoms in total. The number of methoxy groups -OCH3 is 1. The zero-order valence-corrected chi connectivity index (χ0v) is 13.4. The monoisotopic (exact) mass is 332 g/mol. The largest absolute Gasteiger partial charge is 0.497 e. The molecule has 0 N–H and O–H groups in total. The summed E-state index contributed by atoms with van der Waals surface area (Å²) < 4.78 is 6.85. The number of aromatic nitrogens is 4. The summed E-state index contributed by atoms with van der Waals surface area (Å²) in [7, 11) is 1.66. The molecule has 0 fully saturated rings. The first-order valence-electron chi connectivity index (χ1n) is 6.56. The SMILES string of the molecule is COc1ccc(CSc2nnnn2-c2ccc(Cl)cc2)cc1. The first-order valence-corrected chi connectivity index (χ1v) is 7.92. The van der Waals surface area contributed by atoms with Crippen molar-refractivity contribution < 1.29 is 4.74 Å². The van der Waals surface area contributed by atoms with Crippen molar-refractivity contribution in [1.29, 1.82) is 0 Å². The highest BCUT2D eigenvalue weighted by molar-refractivity contribution is 7.98. The van der Waals surface area contributed by atoms with Crippen molar-refractivity contribution in [3.05, 3.63) is 59.1 Å². The van der Waals surface area contributed by atoms with Crippen LogP contribution < -0.4 is 4.74 Å².